The van der Waals surface area contributed by atoms with Gasteiger partial charge in [-0.3, -0.25) is 0 Å². The van der Waals surface area contributed by atoms with Crippen molar-refractivity contribution in [3.8, 4) is 130 Å². The van der Waals surface area contributed by atoms with Gasteiger partial charge in [-0.1, -0.05) is 273 Å². The van der Waals surface area contributed by atoms with Crippen LogP contribution < -0.4 is 0 Å². The van der Waals surface area contributed by atoms with E-state index >= 15 is 0 Å². The lowest BCUT2D eigenvalue weighted by molar-refractivity contribution is 1.07. The summed E-state index contributed by atoms with van der Waals surface area (Å²) in [6.45, 7) is 0. The second-order valence-electron chi connectivity index (χ2n) is 21.0. The second-order valence-corrected chi connectivity index (χ2v) is 21.0. The van der Waals surface area contributed by atoms with Crippen molar-refractivity contribution in [1.82, 2.24) is 34.5 Å². The van der Waals surface area contributed by atoms with Crippen molar-refractivity contribution in [1.29, 1.82) is 0 Å². The molecule has 0 atom stereocenters. The normalized spacial score (nSPS) is 11.3. The predicted molar refractivity (Wildman–Crippen MR) is 347 cm³/mol. The largest absolute Gasteiger partial charge is 0.308 e. The van der Waals surface area contributed by atoms with Gasteiger partial charge in [-0.25, -0.2) is 29.9 Å². The lowest BCUT2D eigenvalue weighted by Gasteiger charge is -2.22. The van der Waals surface area contributed by atoms with E-state index in [1.165, 1.54) is 0 Å². The molecule has 3 heterocycles. The van der Waals surface area contributed by atoms with Gasteiger partial charge in [0.25, 0.3) is 0 Å². The van der Waals surface area contributed by atoms with Crippen LogP contribution in [0.3, 0.4) is 0 Å². The van der Waals surface area contributed by atoms with Crippen LogP contribution in [0.1, 0.15) is 0 Å². The van der Waals surface area contributed by atoms with E-state index in [2.05, 4.69) is 193 Å². The monoisotopic (exact) mass is 1090 g/mol. The molecule has 0 aliphatic heterocycles. The minimum absolute atomic E-state index is 0.592. The third kappa shape index (κ3) is 9.92. The first kappa shape index (κ1) is 50.4. The first-order valence-corrected chi connectivity index (χ1v) is 28.5. The van der Waals surface area contributed by atoms with Gasteiger partial charge in [0.1, 0.15) is 0 Å². The summed E-state index contributed by atoms with van der Waals surface area (Å²) in [5.74, 6) is 3.64. The van der Waals surface area contributed by atoms with Crippen LogP contribution in [0.15, 0.2) is 309 Å². The molecule has 0 fully saturated rings. The fraction of sp³-hybridized carbons (Fsp3) is 0. The lowest BCUT2D eigenvalue weighted by Crippen LogP contribution is -2.03. The van der Waals surface area contributed by atoms with E-state index in [9.17, 15) is 0 Å². The molecule has 12 aromatic carbocycles. The Morgan fingerprint density at radius 3 is 0.682 bits per heavy atom. The number of aromatic nitrogens is 7. The highest BCUT2D eigenvalue weighted by Gasteiger charge is 2.24. The molecule has 15 rings (SSSR count). The summed E-state index contributed by atoms with van der Waals surface area (Å²) in [6, 6.07) is 108. The second kappa shape index (κ2) is 22.1. The molecule has 0 spiro atoms. The lowest BCUT2D eigenvalue weighted by atomic mass is 9.90. The summed E-state index contributed by atoms with van der Waals surface area (Å²) in [5, 5.41) is 2.31. The average Bonchev–Trinajstić information content (AvgIpc) is 2.46. The Morgan fingerprint density at radius 2 is 0.400 bits per heavy atom. The van der Waals surface area contributed by atoms with Crippen LogP contribution >= 0.6 is 0 Å². The highest BCUT2D eigenvalue weighted by atomic mass is 15.0. The van der Waals surface area contributed by atoms with Crippen LogP contribution in [0, 0.1) is 0 Å². The summed E-state index contributed by atoms with van der Waals surface area (Å²) < 4.78 is 2.49. The van der Waals surface area contributed by atoms with Gasteiger partial charge in [0.2, 0.25) is 0 Å². The molecule has 7 nitrogen and oxygen atoms in total. The van der Waals surface area contributed by atoms with Gasteiger partial charge in [-0.2, -0.15) is 0 Å². The number of rotatable bonds is 12. The maximum absolute atomic E-state index is 5.12. The summed E-state index contributed by atoms with van der Waals surface area (Å²) >= 11 is 0. The van der Waals surface area contributed by atoms with E-state index in [0.717, 1.165) is 117 Å². The third-order valence-electron chi connectivity index (χ3n) is 15.7. The third-order valence-corrected chi connectivity index (χ3v) is 15.7. The van der Waals surface area contributed by atoms with Crippen molar-refractivity contribution in [2.24, 2.45) is 0 Å². The zero-order valence-corrected chi connectivity index (χ0v) is 46.1. The summed E-state index contributed by atoms with van der Waals surface area (Å²) in [4.78, 5) is 30.5. The Hall–Kier alpha value is -11.5. The summed E-state index contributed by atoms with van der Waals surface area (Å²) in [7, 11) is 0. The Balaban J connectivity index is 0.970. The van der Waals surface area contributed by atoms with Crippen molar-refractivity contribution in [3.63, 3.8) is 0 Å². The topological polar surface area (TPSA) is 82.3 Å². The van der Waals surface area contributed by atoms with E-state index in [1.807, 2.05) is 121 Å². The quantitative estimate of drug-likeness (QED) is 0.121. The van der Waals surface area contributed by atoms with Crippen LogP contribution in [0.5, 0.6) is 0 Å². The van der Waals surface area contributed by atoms with Crippen LogP contribution in [0.25, 0.3) is 151 Å². The van der Waals surface area contributed by atoms with Crippen molar-refractivity contribution < 1.29 is 0 Å². The molecule has 0 saturated heterocycles. The van der Waals surface area contributed by atoms with Gasteiger partial charge in [0.05, 0.1) is 16.7 Å². The Kier molecular flexibility index (Phi) is 13.1. The van der Waals surface area contributed by atoms with Crippen LogP contribution in [0.2, 0.25) is 0 Å². The van der Waals surface area contributed by atoms with E-state index in [-0.39, 0.29) is 0 Å². The first-order valence-electron chi connectivity index (χ1n) is 28.5. The highest BCUT2D eigenvalue weighted by molar-refractivity contribution is 6.13. The number of hydrogen-bond acceptors (Lipinski definition) is 6. The van der Waals surface area contributed by atoms with Gasteiger partial charge in [0.15, 0.2) is 34.9 Å². The van der Waals surface area contributed by atoms with Crippen molar-refractivity contribution in [3.05, 3.63) is 309 Å². The van der Waals surface area contributed by atoms with Gasteiger partial charge in [-0.15, -0.1) is 0 Å². The molecular weight excluding hydrogens is 1030 g/mol. The van der Waals surface area contributed by atoms with Gasteiger partial charge >= 0.3 is 0 Å². The molecule has 0 N–H and O–H groups in total. The molecule has 15 aromatic rings. The SMILES string of the molecule is c1ccc(-c2cc(-c3ccc(-c4nc(-c5ccccc5)nc(-c5ccccc5)n4)cc3)c(-n3c4ccc(-c5ccccc5)cc4c4cc(-c5ccccc5)ccc43)c(-c3ccc(-c4nc(-c5ccccc5)nc(-c5ccccc5)n4)cc3)c2)cc1. The molecule has 85 heavy (non-hydrogen) atoms. The van der Waals surface area contributed by atoms with Crippen LogP contribution in [-0.4, -0.2) is 34.5 Å². The Labute approximate surface area is 492 Å². The molecule has 0 saturated carbocycles. The van der Waals surface area contributed by atoms with E-state index in [1.54, 1.807) is 0 Å². The molecule has 0 aliphatic rings. The van der Waals surface area contributed by atoms with Gasteiger partial charge < -0.3 is 4.57 Å². The number of hydrogen-bond donors (Lipinski definition) is 0. The smallest absolute Gasteiger partial charge is 0.164 e. The van der Waals surface area contributed by atoms with Crippen molar-refractivity contribution in [2.75, 3.05) is 0 Å². The van der Waals surface area contributed by atoms with E-state index in [4.69, 9.17) is 29.9 Å². The summed E-state index contributed by atoms with van der Waals surface area (Å²) in [6.07, 6.45) is 0. The Morgan fingerprint density at radius 1 is 0.176 bits per heavy atom. The fourth-order valence-corrected chi connectivity index (χ4v) is 11.5. The number of fused-ring (bicyclic) bond motifs is 3. The standard InChI is InChI=1S/C78H51N7/c1-8-22-52(23-9-1)63-44-46-70-68(48-63)69-49-64(53-24-10-2-11-25-53)45-47-71(69)85(70)72-66(55-36-40-61(41-37-55)77-81-73(57-28-14-4-15-29-57)79-74(82-77)58-30-16-5-17-31-58)50-65(54-26-12-3-13-27-54)51-67(72)56-38-42-62(43-39-56)78-83-75(59-32-18-6-19-33-59)80-76(84-78)60-34-20-7-21-35-60/h1-51H. The molecule has 0 radical (unpaired) electrons. The average molecular weight is 1090 g/mol. The summed E-state index contributed by atoms with van der Waals surface area (Å²) in [5.41, 5.74) is 19.6. The zero-order valence-electron chi connectivity index (χ0n) is 46.1. The van der Waals surface area contributed by atoms with Crippen molar-refractivity contribution >= 4 is 21.8 Å². The van der Waals surface area contributed by atoms with E-state index < -0.39 is 0 Å². The maximum Gasteiger partial charge on any atom is 0.164 e. The van der Waals surface area contributed by atoms with Crippen LogP contribution in [-0.2, 0) is 0 Å². The van der Waals surface area contributed by atoms with E-state index in [0.29, 0.717) is 34.9 Å². The number of benzene rings is 12. The maximum atomic E-state index is 5.12. The van der Waals surface area contributed by atoms with Crippen molar-refractivity contribution in [2.45, 2.75) is 0 Å². The van der Waals surface area contributed by atoms with Crippen LogP contribution in [0.4, 0.5) is 0 Å². The fourth-order valence-electron chi connectivity index (χ4n) is 11.5. The molecule has 7 heteroatoms. The number of nitrogens with zero attached hydrogens (tertiary/aromatic N) is 7. The molecule has 0 amide bonds. The minimum Gasteiger partial charge on any atom is -0.308 e. The minimum atomic E-state index is 0.592. The Bertz CT molecular complexity index is 4460. The predicted octanol–water partition coefficient (Wildman–Crippen LogP) is 19.5. The van der Waals surface area contributed by atoms with Gasteiger partial charge in [0, 0.05) is 55.3 Å². The molecular formula is C78H51N7. The highest BCUT2D eigenvalue weighted by Crippen LogP contribution is 2.46. The van der Waals surface area contributed by atoms with Gasteiger partial charge in [-0.05, 0) is 80.9 Å². The molecule has 0 bridgehead atoms. The molecule has 3 aromatic heterocycles. The first-order chi connectivity index (χ1) is 42.1. The molecule has 398 valence electrons. The zero-order chi connectivity index (χ0) is 56.5. The molecule has 0 aliphatic carbocycles. The molecule has 0 unspecified atom stereocenters.